The summed E-state index contributed by atoms with van der Waals surface area (Å²) in [4.78, 5) is 0. The molecule has 2 nitrogen and oxygen atoms in total. The number of hydrogen-bond donors (Lipinski definition) is 0. The summed E-state index contributed by atoms with van der Waals surface area (Å²) < 4.78 is 1.98. The van der Waals surface area contributed by atoms with Crippen LogP contribution in [-0.4, -0.2) is 51.3 Å². The van der Waals surface area contributed by atoms with Crippen LogP contribution < -0.4 is 0 Å². The molecule has 2 aromatic rings. The van der Waals surface area contributed by atoms with E-state index in [4.69, 9.17) is 0 Å². The first-order chi connectivity index (χ1) is 10.2. The van der Waals surface area contributed by atoms with Crippen molar-refractivity contribution in [2.75, 3.05) is 42.3 Å². The number of rotatable bonds is 4. The van der Waals surface area contributed by atoms with Crippen molar-refractivity contribution in [3.05, 3.63) is 71.8 Å². The van der Waals surface area contributed by atoms with Crippen LogP contribution >= 0.6 is 0 Å². The van der Waals surface area contributed by atoms with Crippen LogP contribution in [0.2, 0.25) is 0 Å². The van der Waals surface area contributed by atoms with Gasteiger partial charge in [-0.2, -0.15) is 0 Å². The maximum atomic E-state index is 2.20. The van der Waals surface area contributed by atoms with Crippen LogP contribution in [0.15, 0.2) is 60.7 Å². The first-order valence-corrected chi connectivity index (χ1v) is 7.84. The van der Waals surface area contributed by atoms with Crippen molar-refractivity contribution in [3.63, 3.8) is 0 Å². The van der Waals surface area contributed by atoms with Gasteiger partial charge in [0.2, 0.25) is 0 Å². The summed E-state index contributed by atoms with van der Waals surface area (Å²) in [6.07, 6.45) is 0. The highest BCUT2D eigenvalue weighted by atomic mass is 15.3. The third kappa shape index (κ3) is 9.32. The van der Waals surface area contributed by atoms with E-state index in [1.807, 2.05) is 0 Å². The average molecular weight is 300 g/mol. The van der Waals surface area contributed by atoms with Gasteiger partial charge < -0.3 is 8.97 Å². The van der Waals surface area contributed by atoms with E-state index in [9.17, 15) is 0 Å². The van der Waals surface area contributed by atoms with Crippen LogP contribution in [0.5, 0.6) is 0 Å². The molecule has 0 aliphatic heterocycles. The molecule has 0 saturated carbocycles. The van der Waals surface area contributed by atoms with Gasteiger partial charge in [-0.3, -0.25) is 0 Å². The first-order valence-electron chi connectivity index (χ1n) is 7.84. The highest BCUT2D eigenvalue weighted by Gasteiger charge is 2.07. The van der Waals surface area contributed by atoms with Gasteiger partial charge in [0.1, 0.15) is 13.1 Å². The second-order valence-electron chi connectivity index (χ2n) is 7.87. The zero-order valence-corrected chi connectivity index (χ0v) is 15.1. The summed E-state index contributed by atoms with van der Waals surface area (Å²) in [7, 11) is 13.2. The fourth-order valence-corrected chi connectivity index (χ4v) is 2.26. The molecule has 0 radical (unpaired) electrons. The molecule has 0 fully saturated rings. The molecule has 0 N–H and O–H groups in total. The molecule has 0 unspecified atom stereocenters. The Morgan fingerprint density at radius 1 is 0.500 bits per heavy atom. The van der Waals surface area contributed by atoms with Crippen LogP contribution in [0.25, 0.3) is 0 Å². The predicted octanol–water partition coefficient (Wildman–Crippen LogP) is 3.79. The van der Waals surface area contributed by atoms with Crippen LogP contribution in [0.1, 0.15) is 11.1 Å². The Morgan fingerprint density at radius 2 is 0.773 bits per heavy atom. The summed E-state index contributed by atoms with van der Waals surface area (Å²) in [5, 5.41) is 0. The summed E-state index contributed by atoms with van der Waals surface area (Å²) in [6.45, 7) is 2.20. The second kappa shape index (κ2) is 8.11. The minimum atomic E-state index is 0.990. The Balaban J connectivity index is 0.000000220. The average Bonchev–Trinajstić information content (AvgIpc) is 2.38. The van der Waals surface area contributed by atoms with Crippen LogP contribution in [-0.2, 0) is 13.1 Å². The third-order valence-corrected chi connectivity index (χ3v) is 3.00. The maximum absolute atomic E-state index is 2.20. The lowest BCUT2D eigenvalue weighted by molar-refractivity contribution is -0.884. The molecule has 0 amide bonds. The number of hydrogen-bond acceptors (Lipinski definition) is 0. The van der Waals surface area contributed by atoms with Gasteiger partial charge in [-0.1, -0.05) is 60.7 Å². The van der Waals surface area contributed by atoms with Crippen molar-refractivity contribution < 1.29 is 8.97 Å². The molecule has 120 valence electrons. The molecule has 0 atom stereocenters. The Labute approximate surface area is 136 Å². The second-order valence-corrected chi connectivity index (χ2v) is 7.87. The van der Waals surface area contributed by atoms with Crippen molar-refractivity contribution in [2.45, 2.75) is 13.1 Å². The van der Waals surface area contributed by atoms with Gasteiger partial charge in [0.15, 0.2) is 0 Å². The number of quaternary nitrogens is 2. The monoisotopic (exact) mass is 300 g/mol. The maximum Gasteiger partial charge on any atom is 0.104 e. The summed E-state index contributed by atoms with van der Waals surface area (Å²) in [5.41, 5.74) is 2.81. The minimum Gasteiger partial charge on any atom is -0.327 e. The lowest BCUT2D eigenvalue weighted by atomic mass is 10.2. The Hall–Kier alpha value is -1.64. The van der Waals surface area contributed by atoms with Crippen LogP contribution in [0, 0.1) is 0 Å². The molecule has 0 spiro atoms. The van der Waals surface area contributed by atoms with Gasteiger partial charge in [-0.05, 0) is 0 Å². The topological polar surface area (TPSA) is 0 Å². The highest BCUT2D eigenvalue weighted by molar-refractivity contribution is 5.13. The summed E-state index contributed by atoms with van der Waals surface area (Å²) >= 11 is 0. The van der Waals surface area contributed by atoms with Crippen molar-refractivity contribution >= 4 is 0 Å². The van der Waals surface area contributed by atoms with Crippen molar-refractivity contribution in [3.8, 4) is 0 Å². The quantitative estimate of drug-likeness (QED) is 0.754. The summed E-state index contributed by atoms with van der Waals surface area (Å²) in [6, 6.07) is 21.1. The standard InChI is InChI=1S/2C10H16N/c2*1-11(2,3)9-10-7-5-4-6-8-10/h2*4-8H,9H2,1-3H3/q2*+1. The van der Waals surface area contributed by atoms with E-state index in [0.717, 1.165) is 22.1 Å². The van der Waals surface area contributed by atoms with Gasteiger partial charge in [0, 0.05) is 11.1 Å². The molecule has 0 heterocycles. The molecule has 0 bridgehead atoms. The molecular formula is C20H32N2+2. The molecule has 2 aromatic carbocycles. The highest BCUT2D eigenvalue weighted by Crippen LogP contribution is 2.05. The smallest absolute Gasteiger partial charge is 0.104 e. The molecule has 0 aliphatic carbocycles. The number of nitrogens with zero attached hydrogens (tertiary/aromatic N) is 2. The lowest BCUT2D eigenvalue weighted by Gasteiger charge is -2.23. The zero-order chi connectivity index (χ0) is 16.6. The molecule has 0 aliphatic rings. The fourth-order valence-electron chi connectivity index (χ4n) is 2.26. The largest absolute Gasteiger partial charge is 0.327 e. The molecule has 22 heavy (non-hydrogen) atoms. The van der Waals surface area contributed by atoms with Crippen molar-refractivity contribution in [1.82, 2.24) is 0 Å². The van der Waals surface area contributed by atoms with E-state index in [0.29, 0.717) is 0 Å². The minimum absolute atomic E-state index is 0.990. The Kier molecular flexibility index (Phi) is 6.79. The van der Waals surface area contributed by atoms with Gasteiger partial charge in [0.25, 0.3) is 0 Å². The lowest BCUT2D eigenvalue weighted by Crippen LogP contribution is -2.33. The van der Waals surface area contributed by atoms with Gasteiger partial charge in [-0.15, -0.1) is 0 Å². The van der Waals surface area contributed by atoms with E-state index < -0.39 is 0 Å². The van der Waals surface area contributed by atoms with E-state index in [1.54, 1.807) is 0 Å². The number of benzene rings is 2. The molecular weight excluding hydrogens is 268 g/mol. The van der Waals surface area contributed by atoms with E-state index in [2.05, 4.69) is 103 Å². The molecule has 2 heteroatoms. The molecule has 0 saturated heterocycles. The van der Waals surface area contributed by atoms with Gasteiger partial charge in [0.05, 0.1) is 42.3 Å². The van der Waals surface area contributed by atoms with Crippen molar-refractivity contribution in [2.24, 2.45) is 0 Å². The fraction of sp³-hybridized carbons (Fsp3) is 0.400. The first kappa shape index (κ1) is 18.4. The van der Waals surface area contributed by atoms with Crippen molar-refractivity contribution in [1.29, 1.82) is 0 Å². The normalized spacial score (nSPS) is 11.5. The van der Waals surface area contributed by atoms with Crippen LogP contribution in [0.3, 0.4) is 0 Å². The predicted molar refractivity (Wildman–Crippen MR) is 96.4 cm³/mol. The summed E-state index contributed by atoms with van der Waals surface area (Å²) in [5.74, 6) is 0. The van der Waals surface area contributed by atoms with Crippen LogP contribution in [0.4, 0.5) is 0 Å². The van der Waals surface area contributed by atoms with E-state index in [1.165, 1.54) is 11.1 Å². The third-order valence-electron chi connectivity index (χ3n) is 3.00. The Bertz CT molecular complexity index is 468. The van der Waals surface area contributed by atoms with Gasteiger partial charge >= 0.3 is 0 Å². The SMILES string of the molecule is C[N+](C)(C)Cc1ccccc1.C[N+](C)(C)Cc1ccccc1. The molecule has 2 rings (SSSR count). The molecule has 0 aromatic heterocycles. The van der Waals surface area contributed by atoms with Gasteiger partial charge in [-0.25, -0.2) is 0 Å². The Morgan fingerprint density at radius 3 is 1.00 bits per heavy atom. The van der Waals surface area contributed by atoms with E-state index >= 15 is 0 Å². The van der Waals surface area contributed by atoms with E-state index in [-0.39, 0.29) is 0 Å². The zero-order valence-electron chi connectivity index (χ0n) is 15.1.